The van der Waals surface area contributed by atoms with Gasteiger partial charge in [0.15, 0.2) is 0 Å². The van der Waals surface area contributed by atoms with Crippen LogP contribution in [-0.2, 0) is 14.8 Å². The Morgan fingerprint density at radius 1 is 1.37 bits per heavy atom. The Morgan fingerprint density at radius 3 is 2.81 bits per heavy atom. The van der Waals surface area contributed by atoms with Crippen molar-refractivity contribution in [2.24, 2.45) is 5.10 Å². The van der Waals surface area contributed by atoms with Crippen LogP contribution in [0.5, 0.6) is 5.75 Å². The van der Waals surface area contributed by atoms with Crippen LogP contribution in [0.25, 0.3) is 0 Å². The Balaban J connectivity index is 2.07. The van der Waals surface area contributed by atoms with Gasteiger partial charge in [-0.15, -0.1) is 10.3 Å². The van der Waals surface area contributed by atoms with Crippen LogP contribution < -0.4 is 20.3 Å². The molecular weight excluding hydrogens is 374 g/mol. The molecule has 0 bridgehead atoms. The molecule has 0 saturated heterocycles. The Labute approximate surface area is 157 Å². The van der Waals surface area contributed by atoms with Crippen LogP contribution in [0.2, 0.25) is 0 Å². The van der Waals surface area contributed by atoms with Crippen molar-refractivity contribution in [1.82, 2.24) is 20.8 Å². The lowest BCUT2D eigenvalue weighted by Crippen LogP contribution is -2.53. The van der Waals surface area contributed by atoms with Crippen LogP contribution in [0, 0.1) is 0 Å². The number of amides is 2. The van der Waals surface area contributed by atoms with Crippen LogP contribution >= 0.6 is 0 Å². The van der Waals surface area contributed by atoms with Gasteiger partial charge in [0.25, 0.3) is 10.0 Å². The van der Waals surface area contributed by atoms with E-state index in [-0.39, 0.29) is 17.3 Å². The number of hydrazine groups is 2. The van der Waals surface area contributed by atoms with Gasteiger partial charge in [0.05, 0.1) is 12.3 Å². The lowest BCUT2D eigenvalue weighted by atomic mass is 10.3. The zero-order valence-corrected chi connectivity index (χ0v) is 15.7. The summed E-state index contributed by atoms with van der Waals surface area (Å²) in [6.45, 7) is 7.53. The normalized spacial score (nSPS) is 13.6. The molecule has 2 rings (SSSR count). The number of hydrazone groups is 1. The average molecular weight is 395 g/mol. The third kappa shape index (κ3) is 5.64. The van der Waals surface area contributed by atoms with Gasteiger partial charge in [-0.3, -0.25) is 0 Å². The number of para-hydroxylation sites is 1. The molecule has 1 aromatic carbocycles. The number of hydrogen-bond donors (Lipinski definition) is 3. The minimum atomic E-state index is -4.18. The van der Waals surface area contributed by atoms with Crippen LogP contribution in [-0.4, -0.2) is 38.6 Å². The van der Waals surface area contributed by atoms with Gasteiger partial charge in [-0.05, 0) is 26.0 Å². The Morgan fingerprint density at radius 2 is 2.11 bits per heavy atom. The van der Waals surface area contributed by atoms with Crippen molar-refractivity contribution in [2.75, 3.05) is 13.2 Å². The fourth-order valence-corrected chi connectivity index (χ4v) is 3.11. The van der Waals surface area contributed by atoms with Crippen LogP contribution in [0.15, 0.2) is 58.9 Å². The summed E-state index contributed by atoms with van der Waals surface area (Å²) in [6, 6.07) is 4.93. The first-order valence-electron chi connectivity index (χ1n) is 7.98. The summed E-state index contributed by atoms with van der Waals surface area (Å²) >= 11 is 0. The van der Waals surface area contributed by atoms with Gasteiger partial charge in [-0.1, -0.05) is 24.8 Å². The maximum atomic E-state index is 12.5. The van der Waals surface area contributed by atoms with Gasteiger partial charge in [0.2, 0.25) is 5.88 Å². The quantitative estimate of drug-likeness (QED) is 0.566. The van der Waals surface area contributed by atoms with E-state index in [4.69, 9.17) is 9.47 Å². The number of ether oxygens (including phenoxy) is 2. The van der Waals surface area contributed by atoms with Crippen LogP contribution in [0.3, 0.4) is 0 Å². The summed E-state index contributed by atoms with van der Waals surface area (Å²) in [5.74, 6) is 0.459. The Hall–Kier alpha value is -3.21. The van der Waals surface area contributed by atoms with E-state index >= 15 is 0 Å². The van der Waals surface area contributed by atoms with E-state index in [2.05, 4.69) is 22.5 Å². The van der Waals surface area contributed by atoms with Crippen molar-refractivity contribution < 1.29 is 22.7 Å². The molecule has 1 aliphatic rings. The van der Waals surface area contributed by atoms with Crippen molar-refractivity contribution in [3.63, 3.8) is 0 Å². The molecule has 0 unspecified atom stereocenters. The molecule has 3 N–H and O–H groups in total. The summed E-state index contributed by atoms with van der Waals surface area (Å²) in [7, 11) is -4.18. The lowest BCUT2D eigenvalue weighted by Gasteiger charge is -2.25. The maximum absolute atomic E-state index is 12.5. The van der Waals surface area contributed by atoms with Gasteiger partial charge in [0.1, 0.15) is 17.3 Å². The van der Waals surface area contributed by atoms with Gasteiger partial charge in [-0.25, -0.2) is 28.8 Å². The van der Waals surface area contributed by atoms with Gasteiger partial charge in [0, 0.05) is 6.08 Å². The summed E-state index contributed by atoms with van der Waals surface area (Å²) in [6.07, 6.45) is 3.11. The number of carbonyl (C=O) groups excluding carboxylic acids is 1. The SMILES string of the molecule is C=CCOc1ccccc1S(=O)(=O)NC(=O)NN1N=C(C)C=C(OCC)N1. The zero-order chi connectivity index (χ0) is 19.9. The molecule has 0 spiro atoms. The highest BCUT2D eigenvalue weighted by Crippen LogP contribution is 2.23. The summed E-state index contributed by atoms with van der Waals surface area (Å²) < 4.78 is 37.5. The molecule has 146 valence electrons. The molecule has 0 aromatic heterocycles. The molecule has 27 heavy (non-hydrogen) atoms. The van der Waals surface area contributed by atoms with Crippen molar-refractivity contribution in [3.8, 4) is 5.75 Å². The van der Waals surface area contributed by atoms with E-state index in [0.717, 1.165) is 5.23 Å². The van der Waals surface area contributed by atoms with Crippen molar-refractivity contribution in [1.29, 1.82) is 0 Å². The number of hydrogen-bond acceptors (Lipinski definition) is 8. The number of allylic oxidation sites excluding steroid dienone is 1. The van der Waals surface area contributed by atoms with Crippen molar-refractivity contribution >= 4 is 21.8 Å². The summed E-state index contributed by atoms with van der Waals surface area (Å²) in [5, 5.41) is 4.95. The Kier molecular flexibility index (Phi) is 6.66. The molecule has 1 aromatic rings. The molecule has 2 amide bonds. The first-order valence-corrected chi connectivity index (χ1v) is 9.46. The molecule has 11 heteroatoms. The number of nitrogens with zero attached hydrogens (tertiary/aromatic N) is 2. The monoisotopic (exact) mass is 395 g/mol. The van der Waals surface area contributed by atoms with E-state index in [1.54, 1.807) is 26.0 Å². The minimum absolute atomic E-state index is 0.101. The molecule has 1 aliphatic heterocycles. The number of benzene rings is 1. The van der Waals surface area contributed by atoms with E-state index < -0.39 is 16.1 Å². The second kappa shape index (κ2) is 8.94. The number of carbonyl (C=O) groups is 1. The molecule has 0 aliphatic carbocycles. The van der Waals surface area contributed by atoms with E-state index in [9.17, 15) is 13.2 Å². The lowest BCUT2D eigenvalue weighted by molar-refractivity contribution is 0.0864. The van der Waals surface area contributed by atoms with E-state index in [1.165, 1.54) is 24.3 Å². The molecule has 0 atom stereocenters. The van der Waals surface area contributed by atoms with Gasteiger partial charge in [-0.2, -0.15) is 0 Å². The zero-order valence-electron chi connectivity index (χ0n) is 14.9. The summed E-state index contributed by atoms with van der Waals surface area (Å²) in [4.78, 5) is 11.9. The highest BCUT2D eigenvalue weighted by Gasteiger charge is 2.23. The van der Waals surface area contributed by atoms with E-state index in [0.29, 0.717) is 18.2 Å². The summed E-state index contributed by atoms with van der Waals surface area (Å²) in [5.41, 5.74) is 5.46. The molecule has 0 radical (unpaired) electrons. The molecule has 1 heterocycles. The highest BCUT2D eigenvalue weighted by atomic mass is 32.2. The van der Waals surface area contributed by atoms with E-state index in [1.807, 2.05) is 4.72 Å². The molecule has 0 fully saturated rings. The van der Waals surface area contributed by atoms with Crippen LogP contribution in [0.1, 0.15) is 13.8 Å². The Bertz CT molecular complexity index is 866. The van der Waals surface area contributed by atoms with Gasteiger partial charge < -0.3 is 9.47 Å². The fourth-order valence-electron chi connectivity index (χ4n) is 2.06. The van der Waals surface area contributed by atoms with Crippen molar-refractivity contribution in [2.45, 2.75) is 18.7 Å². The van der Waals surface area contributed by atoms with Crippen molar-refractivity contribution in [3.05, 3.63) is 48.9 Å². The molecule has 10 nitrogen and oxygen atoms in total. The standard InChI is InChI=1S/C16H21N5O5S/c1-4-10-26-13-8-6-7-9-14(13)27(23,24)20-16(22)19-21-17-12(3)11-15(18-21)25-5-2/h4,6-9,11,18H,1,5,10H2,2-3H3,(H2,19,20,22). The first kappa shape index (κ1) is 20.1. The topological polar surface area (TPSA) is 121 Å². The second-order valence-corrected chi connectivity index (χ2v) is 6.85. The average Bonchev–Trinajstić information content (AvgIpc) is 2.59. The third-order valence-corrected chi connectivity index (χ3v) is 4.41. The van der Waals surface area contributed by atoms with Crippen LogP contribution in [0.4, 0.5) is 4.79 Å². The molecule has 0 saturated carbocycles. The fraction of sp³-hybridized carbons (Fsp3) is 0.250. The smallest absolute Gasteiger partial charge is 0.350 e. The minimum Gasteiger partial charge on any atom is -0.488 e. The largest absolute Gasteiger partial charge is 0.488 e. The predicted molar refractivity (Wildman–Crippen MR) is 98.8 cm³/mol. The number of urea groups is 1. The molecular formula is C16H21N5O5S. The van der Waals surface area contributed by atoms with Gasteiger partial charge >= 0.3 is 6.03 Å². The number of rotatable bonds is 8. The highest BCUT2D eigenvalue weighted by molar-refractivity contribution is 7.90. The predicted octanol–water partition coefficient (Wildman–Crippen LogP) is 1.23. The maximum Gasteiger partial charge on any atom is 0.350 e. The first-order chi connectivity index (χ1) is 12.9. The number of nitrogens with one attached hydrogen (secondary N) is 3. The number of sulfonamides is 1. The second-order valence-electron chi connectivity index (χ2n) is 5.20. The third-order valence-electron chi connectivity index (χ3n) is 3.04.